The zero-order valence-corrected chi connectivity index (χ0v) is 12.5. The molecule has 22 heavy (non-hydrogen) atoms. The molecule has 6 nitrogen and oxygen atoms in total. The molecule has 1 aliphatic rings. The molecule has 3 rings (SSSR count). The summed E-state index contributed by atoms with van der Waals surface area (Å²) in [5, 5.41) is 11.0. The lowest BCUT2D eigenvalue weighted by Gasteiger charge is -2.27. The molecule has 1 aliphatic heterocycles. The molecule has 0 saturated carbocycles. The molecule has 0 radical (unpaired) electrons. The summed E-state index contributed by atoms with van der Waals surface area (Å²) in [6, 6.07) is 11.1. The Hall–Kier alpha value is -2.47. The van der Waals surface area contributed by atoms with Gasteiger partial charge in [-0.2, -0.15) is 0 Å². The number of rotatable bonds is 3. The van der Waals surface area contributed by atoms with Crippen LogP contribution in [0.25, 0.3) is 0 Å². The predicted molar refractivity (Wildman–Crippen MR) is 84.2 cm³/mol. The molecule has 1 saturated heterocycles. The van der Waals surface area contributed by atoms with Gasteiger partial charge in [-0.25, -0.2) is 0 Å². The first-order valence-electron chi connectivity index (χ1n) is 7.27. The Labute approximate surface area is 129 Å². The van der Waals surface area contributed by atoms with Gasteiger partial charge >= 0.3 is 0 Å². The number of aryl methyl sites for hydroxylation is 1. The molecule has 114 valence electrons. The Morgan fingerprint density at radius 3 is 2.68 bits per heavy atom. The Balaban J connectivity index is 1.66. The van der Waals surface area contributed by atoms with Gasteiger partial charge < -0.3 is 15.0 Å². The smallest absolute Gasteiger partial charge is 0.256 e. The summed E-state index contributed by atoms with van der Waals surface area (Å²) >= 11 is 0. The van der Waals surface area contributed by atoms with Gasteiger partial charge in [-0.3, -0.25) is 4.79 Å². The highest BCUT2D eigenvalue weighted by molar-refractivity contribution is 6.03. The van der Waals surface area contributed by atoms with Crippen LogP contribution in [-0.2, 0) is 4.74 Å². The van der Waals surface area contributed by atoms with E-state index in [2.05, 4.69) is 20.4 Å². The van der Waals surface area contributed by atoms with Crippen LogP contribution in [0.2, 0.25) is 0 Å². The van der Waals surface area contributed by atoms with Crippen molar-refractivity contribution < 1.29 is 9.53 Å². The molecule has 1 amide bonds. The van der Waals surface area contributed by atoms with Gasteiger partial charge in [0.05, 0.1) is 13.2 Å². The minimum Gasteiger partial charge on any atom is -0.378 e. The normalized spacial score (nSPS) is 14.7. The zero-order chi connectivity index (χ0) is 15.4. The fourth-order valence-electron chi connectivity index (χ4n) is 2.33. The Morgan fingerprint density at radius 1 is 1.18 bits per heavy atom. The lowest BCUT2D eigenvalue weighted by molar-refractivity contribution is 0.102. The molecule has 2 heterocycles. The van der Waals surface area contributed by atoms with Crippen LogP contribution in [0.15, 0.2) is 36.4 Å². The van der Waals surface area contributed by atoms with E-state index in [0.717, 1.165) is 24.5 Å². The van der Waals surface area contributed by atoms with E-state index >= 15 is 0 Å². The van der Waals surface area contributed by atoms with E-state index in [1.807, 2.05) is 31.2 Å². The molecule has 0 aliphatic carbocycles. The molecule has 0 bridgehead atoms. The number of carbonyl (C=O) groups excluding carboxylic acids is 1. The van der Waals surface area contributed by atoms with Gasteiger partial charge in [-0.05, 0) is 31.2 Å². The van der Waals surface area contributed by atoms with Crippen molar-refractivity contribution in [3.63, 3.8) is 0 Å². The zero-order valence-electron chi connectivity index (χ0n) is 12.5. The van der Waals surface area contributed by atoms with Crippen LogP contribution in [0.3, 0.4) is 0 Å². The van der Waals surface area contributed by atoms with Crippen molar-refractivity contribution in [1.29, 1.82) is 0 Å². The number of ether oxygens (including phenoxy) is 1. The van der Waals surface area contributed by atoms with E-state index in [1.54, 1.807) is 12.1 Å². The Kier molecular flexibility index (Phi) is 4.29. The summed E-state index contributed by atoms with van der Waals surface area (Å²) in [6.45, 7) is 4.97. The van der Waals surface area contributed by atoms with Crippen molar-refractivity contribution in [3.8, 4) is 0 Å². The van der Waals surface area contributed by atoms with E-state index < -0.39 is 0 Å². The highest BCUT2D eigenvalue weighted by Crippen LogP contribution is 2.14. The highest BCUT2D eigenvalue weighted by Gasteiger charge is 2.13. The summed E-state index contributed by atoms with van der Waals surface area (Å²) in [6.07, 6.45) is 0. The lowest BCUT2D eigenvalue weighted by Crippen LogP contribution is -2.36. The predicted octanol–water partition coefficient (Wildman–Crippen LogP) is 1.87. The summed E-state index contributed by atoms with van der Waals surface area (Å²) < 4.78 is 5.31. The Bertz CT molecular complexity index is 651. The minimum absolute atomic E-state index is 0.183. The van der Waals surface area contributed by atoms with Crippen LogP contribution in [0.4, 0.5) is 11.6 Å². The van der Waals surface area contributed by atoms with Gasteiger partial charge in [-0.1, -0.05) is 17.7 Å². The van der Waals surface area contributed by atoms with E-state index in [-0.39, 0.29) is 5.91 Å². The van der Waals surface area contributed by atoms with Crippen molar-refractivity contribution in [1.82, 2.24) is 10.2 Å². The lowest BCUT2D eigenvalue weighted by atomic mass is 10.1. The second-order valence-electron chi connectivity index (χ2n) is 5.20. The number of hydrogen-bond donors (Lipinski definition) is 1. The van der Waals surface area contributed by atoms with Crippen molar-refractivity contribution in [2.24, 2.45) is 0 Å². The van der Waals surface area contributed by atoms with E-state index in [1.165, 1.54) is 0 Å². The van der Waals surface area contributed by atoms with Gasteiger partial charge in [0.15, 0.2) is 11.6 Å². The summed E-state index contributed by atoms with van der Waals surface area (Å²) in [5.74, 6) is 1.07. The maximum atomic E-state index is 12.1. The van der Waals surface area contributed by atoms with Crippen LogP contribution in [0.1, 0.15) is 15.9 Å². The number of nitrogens with zero attached hydrogens (tertiary/aromatic N) is 3. The van der Waals surface area contributed by atoms with E-state index in [4.69, 9.17) is 4.74 Å². The van der Waals surface area contributed by atoms with Gasteiger partial charge in [-0.15, -0.1) is 10.2 Å². The standard InChI is InChI=1S/C16H18N4O2/c1-12-3-2-4-13(11-12)16(21)17-14-5-6-15(19-18-14)20-7-9-22-10-8-20/h2-6,11H,7-10H2,1H3,(H,17,18,21). The summed E-state index contributed by atoms with van der Waals surface area (Å²) in [7, 11) is 0. The quantitative estimate of drug-likeness (QED) is 0.937. The SMILES string of the molecule is Cc1cccc(C(=O)Nc2ccc(N3CCOCC3)nn2)c1. The van der Waals surface area contributed by atoms with Gasteiger partial charge in [0.2, 0.25) is 0 Å². The third kappa shape index (κ3) is 3.40. The van der Waals surface area contributed by atoms with Crippen molar-refractivity contribution in [2.45, 2.75) is 6.92 Å². The van der Waals surface area contributed by atoms with Gasteiger partial charge in [0.25, 0.3) is 5.91 Å². The summed E-state index contributed by atoms with van der Waals surface area (Å²) in [5.41, 5.74) is 1.65. The van der Waals surface area contributed by atoms with Crippen molar-refractivity contribution in [2.75, 3.05) is 36.5 Å². The number of amides is 1. The molecule has 2 aromatic rings. The molecule has 1 aromatic heterocycles. The first-order chi connectivity index (χ1) is 10.7. The first kappa shape index (κ1) is 14.5. The largest absolute Gasteiger partial charge is 0.378 e. The Morgan fingerprint density at radius 2 is 2.00 bits per heavy atom. The van der Waals surface area contributed by atoms with Crippen LogP contribution < -0.4 is 10.2 Å². The highest BCUT2D eigenvalue weighted by atomic mass is 16.5. The average Bonchev–Trinajstić information content (AvgIpc) is 2.56. The molecule has 1 N–H and O–H groups in total. The number of benzene rings is 1. The number of carbonyl (C=O) groups is 1. The van der Waals surface area contributed by atoms with Crippen molar-refractivity contribution >= 4 is 17.5 Å². The van der Waals surface area contributed by atoms with E-state index in [0.29, 0.717) is 24.6 Å². The van der Waals surface area contributed by atoms with Crippen LogP contribution in [0, 0.1) is 6.92 Å². The molecule has 0 unspecified atom stereocenters. The molecule has 0 atom stereocenters. The van der Waals surface area contributed by atoms with Gasteiger partial charge in [0, 0.05) is 18.7 Å². The number of hydrogen-bond acceptors (Lipinski definition) is 5. The van der Waals surface area contributed by atoms with Crippen LogP contribution in [-0.4, -0.2) is 42.4 Å². The molecular formula is C16H18N4O2. The van der Waals surface area contributed by atoms with Gasteiger partial charge in [0.1, 0.15) is 0 Å². The number of morpholine rings is 1. The first-order valence-corrected chi connectivity index (χ1v) is 7.27. The average molecular weight is 298 g/mol. The molecule has 1 fully saturated rings. The number of aromatic nitrogens is 2. The molecule has 1 aromatic carbocycles. The second-order valence-corrected chi connectivity index (χ2v) is 5.20. The summed E-state index contributed by atoms with van der Waals surface area (Å²) in [4.78, 5) is 14.3. The van der Waals surface area contributed by atoms with Crippen LogP contribution >= 0.6 is 0 Å². The fourth-order valence-corrected chi connectivity index (χ4v) is 2.33. The number of nitrogens with one attached hydrogen (secondary N) is 1. The third-order valence-electron chi connectivity index (χ3n) is 3.51. The topological polar surface area (TPSA) is 67.4 Å². The maximum Gasteiger partial charge on any atom is 0.256 e. The van der Waals surface area contributed by atoms with E-state index in [9.17, 15) is 4.79 Å². The fraction of sp³-hybridized carbons (Fsp3) is 0.312. The van der Waals surface area contributed by atoms with Crippen LogP contribution in [0.5, 0.6) is 0 Å². The maximum absolute atomic E-state index is 12.1. The second kappa shape index (κ2) is 6.53. The third-order valence-corrected chi connectivity index (χ3v) is 3.51. The number of anilines is 2. The molecule has 0 spiro atoms. The monoisotopic (exact) mass is 298 g/mol. The minimum atomic E-state index is -0.183. The van der Waals surface area contributed by atoms with Crippen molar-refractivity contribution in [3.05, 3.63) is 47.5 Å². The molecular weight excluding hydrogens is 280 g/mol. The molecule has 6 heteroatoms.